The smallest absolute Gasteiger partial charge is 0.302 e. The van der Waals surface area contributed by atoms with Crippen molar-refractivity contribution < 1.29 is 23.9 Å². The summed E-state index contributed by atoms with van der Waals surface area (Å²) in [5.74, 6) is 1.11. The molecule has 0 aromatic carbocycles. The third-order valence-corrected chi connectivity index (χ3v) is 10.1. The third kappa shape index (κ3) is 4.72. The van der Waals surface area contributed by atoms with Gasteiger partial charge in [0.25, 0.3) is 0 Å². The van der Waals surface area contributed by atoms with E-state index in [0.717, 1.165) is 44.1 Å². The predicted octanol–water partition coefficient (Wildman–Crippen LogP) is 5.25. The van der Waals surface area contributed by atoms with Gasteiger partial charge in [-0.15, -0.1) is 0 Å². The topological polar surface area (TPSA) is 89.5 Å². The zero-order valence-corrected chi connectivity index (χ0v) is 22.9. The average Bonchev–Trinajstić information content (AvgIpc) is 3.06. The molecule has 0 heterocycles. The summed E-state index contributed by atoms with van der Waals surface area (Å²) in [5, 5.41) is 2.83. The molecule has 1 amide bonds. The van der Waals surface area contributed by atoms with Crippen LogP contribution in [0.2, 0.25) is 0 Å². The molecule has 0 aromatic heterocycles. The number of fused-ring (bicyclic) bond motifs is 5. The first kappa shape index (κ1) is 26.8. The van der Waals surface area contributed by atoms with E-state index in [1.54, 1.807) is 0 Å². The van der Waals surface area contributed by atoms with E-state index in [0.29, 0.717) is 36.7 Å². The van der Waals surface area contributed by atoms with Crippen molar-refractivity contribution in [2.75, 3.05) is 0 Å². The lowest BCUT2D eigenvalue weighted by molar-refractivity contribution is -0.148. The van der Waals surface area contributed by atoms with Gasteiger partial charge in [-0.3, -0.25) is 19.2 Å². The summed E-state index contributed by atoms with van der Waals surface area (Å²) < 4.78 is 5.55. The first-order valence-corrected chi connectivity index (χ1v) is 13.8. The zero-order valence-electron chi connectivity index (χ0n) is 22.9. The number of ether oxygens (including phenoxy) is 1. The van der Waals surface area contributed by atoms with Gasteiger partial charge in [0.2, 0.25) is 5.91 Å². The van der Waals surface area contributed by atoms with Crippen LogP contribution in [0, 0.1) is 28.6 Å². The second-order valence-corrected chi connectivity index (χ2v) is 12.4. The molecular weight excluding hydrogens is 454 g/mol. The number of amides is 1. The second kappa shape index (κ2) is 9.90. The normalized spacial score (nSPS) is 37.6. The fraction of sp³-hybridized carbons (Fsp3) is 0.733. The molecule has 7 atom stereocenters. The minimum Gasteiger partial charge on any atom is -0.462 e. The van der Waals surface area contributed by atoms with Crippen LogP contribution in [-0.4, -0.2) is 35.6 Å². The lowest BCUT2D eigenvalue weighted by Crippen LogP contribution is -2.49. The summed E-state index contributed by atoms with van der Waals surface area (Å²) in [6.07, 6.45) is 9.51. The summed E-state index contributed by atoms with van der Waals surface area (Å²) in [6.45, 7) is 11.3. The Hall–Kier alpha value is -2.24. The number of carbonyl (C=O) groups is 4. The molecule has 4 aliphatic rings. The summed E-state index contributed by atoms with van der Waals surface area (Å²) >= 11 is 0. The predicted molar refractivity (Wildman–Crippen MR) is 138 cm³/mol. The number of hydrogen-bond acceptors (Lipinski definition) is 5. The molecule has 3 saturated carbocycles. The molecule has 6 heteroatoms. The molecule has 6 nitrogen and oxygen atoms in total. The van der Waals surface area contributed by atoms with E-state index < -0.39 is 0 Å². The second-order valence-electron chi connectivity index (χ2n) is 12.4. The molecule has 198 valence electrons. The molecule has 0 unspecified atom stereocenters. The Kier molecular flexibility index (Phi) is 7.38. The van der Waals surface area contributed by atoms with Crippen molar-refractivity contribution in [2.45, 2.75) is 111 Å². The summed E-state index contributed by atoms with van der Waals surface area (Å²) in [6, 6.07) is -0.0674. The van der Waals surface area contributed by atoms with Gasteiger partial charge in [0.1, 0.15) is 6.10 Å². The van der Waals surface area contributed by atoms with Gasteiger partial charge in [-0.05, 0) is 86.5 Å². The first-order valence-electron chi connectivity index (χ1n) is 13.8. The maximum absolute atomic E-state index is 13.4. The molecule has 0 bridgehead atoms. The number of Topliss-reactive ketones (excluding diaryl/α,β-unsaturated/α-hetero) is 2. The number of rotatable bonds is 6. The Morgan fingerprint density at radius 3 is 2.42 bits per heavy atom. The molecule has 0 aromatic rings. The van der Waals surface area contributed by atoms with E-state index in [-0.39, 0.29) is 52.3 Å². The molecule has 0 saturated heterocycles. The van der Waals surface area contributed by atoms with Gasteiger partial charge < -0.3 is 10.1 Å². The molecular formula is C30H43NO5. The fourth-order valence-electron chi connectivity index (χ4n) is 8.32. The van der Waals surface area contributed by atoms with Gasteiger partial charge in [0.05, 0.1) is 0 Å². The van der Waals surface area contributed by atoms with E-state index in [1.165, 1.54) is 19.4 Å². The largest absolute Gasteiger partial charge is 0.462 e. The van der Waals surface area contributed by atoms with E-state index in [9.17, 15) is 19.2 Å². The Labute approximate surface area is 215 Å². The Bertz CT molecular complexity index is 1020. The fourth-order valence-corrected chi connectivity index (χ4v) is 8.32. The van der Waals surface area contributed by atoms with Gasteiger partial charge in [0.15, 0.2) is 11.6 Å². The van der Waals surface area contributed by atoms with Crippen molar-refractivity contribution in [1.29, 1.82) is 0 Å². The lowest BCUT2D eigenvalue weighted by Gasteiger charge is -2.57. The quantitative estimate of drug-likeness (QED) is 0.308. The van der Waals surface area contributed by atoms with Gasteiger partial charge in [-0.1, -0.05) is 25.5 Å². The highest BCUT2D eigenvalue weighted by Gasteiger charge is 2.60. The molecule has 1 N–H and O–H groups in total. The van der Waals surface area contributed by atoms with E-state index in [1.807, 2.05) is 13.8 Å². The zero-order chi connectivity index (χ0) is 26.4. The van der Waals surface area contributed by atoms with Crippen molar-refractivity contribution >= 4 is 23.4 Å². The molecule has 0 aliphatic heterocycles. The number of nitrogens with one attached hydrogen (secondary N) is 1. The van der Waals surface area contributed by atoms with Gasteiger partial charge >= 0.3 is 5.97 Å². The summed E-state index contributed by atoms with van der Waals surface area (Å²) in [4.78, 5) is 49.4. The van der Waals surface area contributed by atoms with Gasteiger partial charge in [-0.2, -0.15) is 0 Å². The molecule has 0 spiro atoms. The monoisotopic (exact) mass is 497 g/mol. The van der Waals surface area contributed by atoms with Crippen LogP contribution in [0.3, 0.4) is 0 Å². The number of carbonyl (C=O) groups excluding carboxylic acids is 4. The van der Waals surface area contributed by atoms with Crippen LogP contribution < -0.4 is 5.32 Å². The minimum atomic E-state index is -0.252. The highest BCUT2D eigenvalue weighted by atomic mass is 16.5. The maximum atomic E-state index is 13.4. The van der Waals surface area contributed by atoms with Crippen LogP contribution >= 0.6 is 0 Å². The summed E-state index contributed by atoms with van der Waals surface area (Å²) in [5.41, 5.74) is 2.70. The first-order chi connectivity index (χ1) is 16.9. The molecule has 0 radical (unpaired) electrons. The van der Waals surface area contributed by atoms with E-state index >= 15 is 0 Å². The Morgan fingerprint density at radius 2 is 1.75 bits per heavy atom. The Morgan fingerprint density at radius 1 is 1.06 bits per heavy atom. The SMILES string of the molecule is CC(=O)N[C@@H](C)CCC(=O)/C(C)=C1\C(=O)C[C@@H]2[C@H]3CC=C4C[C@@H](OC(C)=O)CC[C@]4(C)[C@@H]3CC[C@]12C. The molecule has 36 heavy (non-hydrogen) atoms. The number of allylic oxidation sites excluding steroid dienone is 3. The highest BCUT2D eigenvalue weighted by molar-refractivity contribution is 6.08. The van der Waals surface area contributed by atoms with Crippen molar-refractivity contribution in [3.8, 4) is 0 Å². The average molecular weight is 498 g/mol. The van der Waals surface area contributed by atoms with Crippen molar-refractivity contribution in [3.05, 3.63) is 22.8 Å². The number of hydrogen-bond donors (Lipinski definition) is 1. The summed E-state index contributed by atoms with van der Waals surface area (Å²) in [7, 11) is 0. The molecule has 4 rings (SSSR count). The number of ketones is 2. The maximum Gasteiger partial charge on any atom is 0.302 e. The standard InChI is InChI=1S/C30H43NO5/c1-17(31-19(3)32)7-10-26(34)18(2)28-27(35)16-25-23-9-8-21-15-22(36-20(4)33)11-13-29(21,5)24(23)12-14-30(25,28)6/h8,17,22-25H,7,9-16H2,1-6H3,(H,31,32)/b28-18+/t17-,22-,23-,24+,25+,29-,30-/m0/s1. The van der Waals surface area contributed by atoms with Crippen molar-refractivity contribution in [2.24, 2.45) is 28.6 Å². The Balaban J connectivity index is 1.54. The van der Waals surface area contributed by atoms with Gasteiger partial charge in [0, 0.05) is 44.7 Å². The highest BCUT2D eigenvalue weighted by Crippen LogP contribution is 2.65. The molecule has 3 fully saturated rings. The molecule has 4 aliphatic carbocycles. The van der Waals surface area contributed by atoms with Crippen LogP contribution in [0.4, 0.5) is 0 Å². The van der Waals surface area contributed by atoms with Crippen LogP contribution in [0.5, 0.6) is 0 Å². The third-order valence-electron chi connectivity index (χ3n) is 10.1. The lowest BCUT2D eigenvalue weighted by atomic mass is 9.47. The van der Waals surface area contributed by atoms with Crippen LogP contribution in [-0.2, 0) is 23.9 Å². The van der Waals surface area contributed by atoms with E-state index in [4.69, 9.17) is 4.74 Å². The van der Waals surface area contributed by atoms with Crippen LogP contribution in [0.25, 0.3) is 0 Å². The van der Waals surface area contributed by atoms with E-state index in [2.05, 4.69) is 25.2 Å². The van der Waals surface area contributed by atoms with Crippen molar-refractivity contribution in [1.82, 2.24) is 5.32 Å². The minimum absolute atomic E-state index is 0.0168. The van der Waals surface area contributed by atoms with Gasteiger partial charge in [-0.25, -0.2) is 0 Å². The van der Waals surface area contributed by atoms with Crippen molar-refractivity contribution in [3.63, 3.8) is 0 Å². The van der Waals surface area contributed by atoms with Crippen LogP contribution in [0.1, 0.15) is 99.3 Å². The van der Waals surface area contributed by atoms with Crippen LogP contribution in [0.15, 0.2) is 22.8 Å². The number of esters is 1.